The molecule has 0 atom stereocenters. The van der Waals surface area contributed by atoms with Gasteiger partial charge in [-0.1, -0.05) is 18.2 Å². The zero-order valence-electron chi connectivity index (χ0n) is 14.5. The molecule has 1 aliphatic rings. The maximum Gasteiger partial charge on any atom is 0.252 e. The second-order valence-corrected chi connectivity index (χ2v) is 9.66. The van der Waals surface area contributed by atoms with Crippen molar-refractivity contribution in [2.24, 2.45) is 0 Å². The largest absolute Gasteiger partial charge is 0.508 e. The lowest BCUT2D eigenvalue weighted by atomic mass is 9.89. The molecule has 8 heteroatoms. The molecule has 0 saturated carbocycles. The van der Waals surface area contributed by atoms with E-state index in [2.05, 4.69) is 0 Å². The lowest BCUT2D eigenvalue weighted by molar-refractivity contribution is -0.132. The molecule has 1 aromatic carbocycles. The topological polar surface area (TPSA) is 77.9 Å². The summed E-state index contributed by atoms with van der Waals surface area (Å²) >= 11 is 1.15. The summed E-state index contributed by atoms with van der Waals surface area (Å²) in [5.74, 6) is 0.431. The summed E-state index contributed by atoms with van der Waals surface area (Å²) in [6, 6.07) is 10.4. The molecule has 140 valence electrons. The van der Waals surface area contributed by atoms with Gasteiger partial charge in [-0.15, -0.1) is 11.3 Å². The van der Waals surface area contributed by atoms with E-state index in [9.17, 15) is 18.3 Å². The van der Waals surface area contributed by atoms with Crippen LogP contribution in [0, 0.1) is 0 Å². The number of carbonyl (C=O) groups is 1. The third-order valence-corrected chi connectivity index (χ3v) is 7.91. The summed E-state index contributed by atoms with van der Waals surface area (Å²) < 4.78 is 26.2. The van der Waals surface area contributed by atoms with Crippen LogP contribution in [0.15, 0.2) is 46.0 Å². The number of phenolic OH excluding ortho intramolecular Hbond substituents is 1. The van der Waals surface area contributed by atoms with Gasteiger partial charge in [0.25, 0.3) is 10.0 Å². The summed E-state index contributed by atoms with van der Waals surface area (Å²) in [5.41, 5.74) is 1.16. The molecular weight excluding hydrogens is 372 g/mol. The Kier molecular flexibility index (Phi) is 5.64. The first kappa shape index (κ1) is 18.9. The van der Waals surface area contributed by atoms with Crippen LogP contribution in [0.5, 0.6) is 5.75 Å². The smallest absolute Gasteiger partial charge is 0.252 e. The van der Waals surface area contributed by atoms with E-state index in [-0.39, 0.29) is 22.4 Å². The monoisotopic (exact) mass is 394 g/mol. The lowest BCUT2D eigenvalue weighted by Gasteiger charge is -2.33. The number of hydrogen-bond donors (Lipinski definition) is 1. The fourth-order valence-electron chi connectivity index (χ4n) is 3.15. The van der Waals surface area contributed by atoms with E-state index < -0.39 is 10.0 Å². The molecule has 0 bridgehead atoms. The van der Waals surface area contributed by atoms with Gasteiger partial charge < -0.3 is 10.0 Å². The first-order chi connectivity index (χ1) is 12.4. The van der Waals surface area contributed by atoms with Gasteiger partial charge in [0.2, 0.25) is 5.91 Å². The number of aromatic hydroxyl groups is 1. The molecule has 0 aliphatic carbocycles. The molecule has 6 nitrogen and oxygen atoms in total. The van der Waals surface area contributed by atoms with Crippen molar-refractivity contribution in [1.82, 2.24) is 9.21 Å². The van der Waals surface area contributed by atoms with E-state index in [1.165, 1.54) is 7.05 Å². The standard InChI is InChI=1S/C18H22N2O4S2/c1-19(26(23,24)18-3-2-12-25-18)13-17(22)20-10-8-15(9-11-20)14-4-6-16(21)7-5-14/h2-7,12,15,21H,8-11,13H2,1H3. The van der Waals surface area contributed by atoms with Gasteiger partial charge in [-0.2, -0.15) is 4.31 Å². The van der Waals surface area contributed by atoms with Crippen LogP contribution in [-0.4, -0.2) is 55.3 Å². The number of likely N-dealkylation sites (tertiary alicyclic amines) is 1. The molecule has 0 spiro atoms. The van der Waals surface area contributed by atoms with Crippen LogP contribution < -0.4 is 0 Å². The Morgan fingerprint density at radius 1 is 1.23 bits per heavy atom. The maximum absolute atomic E-state index is 12.5. The number of phenols is 1. The van der Waals surface area contributed by atoms with E-state index in [4.69, 9.17) is 0 Å². The zero-order valence-corrected chi connectivity index (χ0v) is 16.2. The maximum atomic E-state index is 12.5. The SMILES string of the molecule is CN(CC(=O)N1CCC(c2ccc(O)cc2)CC1)S(=O)(=O)c1cccs1. The van der Waals surface area contributed by atoms with Crippen molar-refractivity contribution in [2.75, 3.05) is 26.7 Å². The van der Waals surface area contributed by atoms with Crippen molar-refractivity contribution >= 4 is 27.3 Å². The van der Waals surface area contributed by atoms with Gasteiger partial charge in [0.15, 0.2) is 0 Å². The molecule has 0 unspecified atom stereocenters. The molecule has 1 saturated heterocycles. The molecule has 1 aliphatic heterocycles. The number of piperidine rings is 1. The Hall–Kier alpha value is -1.90. The number of carbonyl (C=O) groups excluding carboxylic acids is 1. The first-order valence-corrected chi connectivity index (χ1v) is 10.8. The normalized spacial score (nSPS) is 16.2. The number of hydrogen-bond acceptors (Lipinski definition) is 5. The average Bonchev–Trinajstić information content (AvgIpc) is 3.18. The lowest BCUT2D eigenvalue weighted by Crippen LogP contribution is -2.44. The average molecular weight is 395 g/mol. The first-order valence-electron chi connectivity index (χ1n) is 8.44. The van der Waals surface area contributed by atoms with Crippen LogP contribution in [0.3, 0.4) is 0 Å². The Morgan fingerprint density at radius 2 is 1.88 bits per heavy atom. The predicted molar refractivity (Wildman–Crippen MR) is 101 cm³/mol. The van der Waals surface area contributed by atoms with E-state index >= 15 is 0 Å². The van der Waals surface area contributed by atoms with Gasteiger partial charge in [0, 0.05) is 20.1 Å². The molecular formula is C18H22N2O4S2. The molecule has 1 fully saturated rings. The predicted octanol–water partition coefficient (Wildman–Crippen LogP) is 2.48. The zero-order chi connectivity index (χ0) is 18.7. The van der Waals surface area contributed by atoms with Crippen LogP contribution in [0.4, 0.5) is 0 Å². The number of likely N-dealkylation sites (N-methyl/N-ethyl adjacent to an activating group) is 1. The fourth-order valence-corrected chi connectivity index (χ4v) is 5.47. The Bertz CT molecular complexity index is 840. The minimum atomic E-state index is -3.61. The third-order valence-electron chi connectivity index (χ3n) is 4.73. The summed E-state index contributed by atoms with van der Waals surface area (Å²) in [7, 11) is -2.17. The second kappa shape index (κ2) is 7.77. The molecule has 2 aromatic rings. The molecule has 2 heterocycles. The number of rotatable bonds is 5. The molecule has 1 amide bonds. The highest BCUT2D eigenvalue weighted by molar-refractivity contribution is 7.91. The highest BCUT2D eigenvalue weighted by atomic mass is 32.2. The highest BCUT2D eigenvalue weighted by Gasteiger charge is 2.28. The number of thiophene rings is 1. The summed E-state index contributed by atoms with van der Waals surface area (Å²) in [6.45, 7) is 1.07. The van der Waals surface area contributed by atoms with Crippen LogP contribution in [-0.2, 0) is 14.8 Å². The van der Waals surface area contributed by atoms with Crippen LogP contribution >= 0.6 is 11.3 Å². The van der Waals surface area contributed by atoms with Crippen molar-refractivity contribution in [3.63, 3.8) is 0 Å². The number of benzene rings is 1. The summed E-state index contributed by atoms with van der Waals surface area (Å²) in [4.78, 5) is 14.2. The van der Waals surface area contributed by atoms with Crippen molar-refractivity contribution in [1.29, 1.82) is 0 Å². The number of amides is 1. The van der Waals surface area contributed by atoms with E-state index in [0.717, 1.165) is 34.0 Å². The Labute approximate surface area is 157 Å². The Balaban J connectivity index is 1.56. The van der Waals surface area contributed by atoms with Crippen LogP contribution in [0.1, 0.15) is 24.3 Å². The van der Waals surface area contributed by atoms with Gasteiger partial charge in [-0.05, 0) is 47.9 Å². The van der Waals surface area contributed by atoms with Crippen molar-refractivity contribution < 1.29 is 18.3 Å². The quantitative estimate of drug-likeness (QED) is 0.845. The highest BCUT2D eigenvalue weighted by Crippen LogP contribution is 2.29. The number of nitrogens with zero attached hydrogens (tertiary/aromatic N) is 2. The van der Waals surface area contributed by atoms with E-state index in [0.29, 0.717) is 19.0 Å². The summed E-state index contributed by atoms with van der Waals surface area (Å²) in [5, 5.41) is 11.1. The minimum Gasteiger partial charge on any atom is -0.508 e. The molecule has 1 aromatic heterocycles. The molecule has 26 heavy (non-hydrogen) atoms. The minimum absolute atomic E-state index is 0.149. The van der Waals surface area contributed by atoms with E-state index in [1.807, 2.05) is 12.1 Å². The molecule has 0 radical (unpaired) electrons. The molecule has 3 rings (SSSR count). The van der Waals surface area contributed by atoms with Gasteiger partial charge in [0.1, 0.15) is 9.96 Å². The fraction of sp³-hybridized carbons (Fsp3) is 0.389. The third kappa shape index (κ3) is 4.08. The van der Waals surface area contributed by atoms with Gasteiger partial charge in [0.05, 0.1) is 6.54 Å². The van der Waals surface area contributed by atoms with Crippen molar-refractivity contribution in [3.05, 3.63) is 47.3 Å². The van der Waals surface area contributed by atoms with Crippen LogP contribution in [0.2, 0.25) is 0 Å². The summed E-state index contributed by atoms with van der Waals surface area (Å²) in [6.07, 6.45) is 1.66. The van der Waals surface area contributed by atoms with Gasteiger partial charge >= 0.3 is 0 Å². The van der Waals surface area contributed by atoms with Gasteiger partial charge in [-0.25, -0.2) is 8.42 Å². The van der Waals surface area contributed by atoms with Crippen molar-refractivity contribution in [2.45, 2.75) is 23.0 Å². The Morgan fingerprint density at radius 3 is 2.46 bits per heavy atom. The van der Waals surface area contributed by atoms with Crippen molar-refractivity contribution in [3.8, 4) is 5.75 Å². The number of sulfonamides is 1. The molecule has 1 N–H and O–H groups in total. The van der Waals surface area contributed by atoms with E-state index in [1.54, 1.807) is 34.5 Å². The second-order valence-electron chi connectivity index (χ2n) is 6.44. The van der Waals surface area contributed by atoms with Crippen LogP contribution in [0.25, 0.3) is 0 Å². The van der Waals surface area contributed by atoms with Gasteiger partial charge in [-0.3, -0.25) is 4.79 Å².